The van der Waals surface area contributed by atoms with Crippen molar-refractivity contribution >= 4 is 17.2 Å². The smallest absolute Gasteiger partial charge is 0.104 e. The predicted molar refractivity (Wildman–Crippen MR) is 89.9 cm³/mol. The van der Waals surface area contributed by atoms with E-state index in [1.807, 2.05) is 12.1 Å². The van der Waals surface area contributed by atoms with Gasteiger partial charge in [-0.2, -0.15) is 0 Å². The second kappa shape index (κ2) is 7.75. The molecule has 2 N–H and O–H groups in total. The normalized spacial score (nSPS) is 20.6. The third kappa shape index (κ3) is 4.29. The molecular formula is C17H26N2S. The average molecular weight is 290 g/mol. The number of benzene rings is 1. The molecule has 1 aromatic rings. The summed E-state index contributed by atoms with van der Waals surface area (Å²) in [6.45, 7) is 5.68. The number of hydrogen-bond donors (Lipinski definition) is 1. The zero-order valence-electron chi connectivity index (χ0n) is 12.5. The van der Waals surface area contributed by atoms with Crippen LogP contribution in [0.3, 0.4) is 0 Å². The zero-order chi connectivity index (χ0) is 14.4. The highest BCUT2D eigenvalue weighted by atomic mass is 32.1. The molecule has 20 heavy (non-hydrogen) atoms. The van der Waals surface area contributed by atoms with Gasteiger partial charge in [0.1, 0.15) is 4.99 Å². The summed E-state index contributed by atoms with van der Waals surface area (Å²) in [6.07, 6.45) is 6.75. The van der Waals surface area contributed by atoms with Crippen molar-refractivity contribution < 1.29 is 0 Å². The van der Waals surface area contributed by atoms with Crippen molar-refractivity contribution in [1.29, 1.82) is 0 Å². The lowest BCUT2D eigenvalue weighted by Gasteiger charge is -2.21. The fraction of sp³-hybridized carbons (Fsp3) is 0.588. The Labute approximate surface area is 128 Å². The van der Waals surface area contributed by atoms with Crippen LogP contribution in [0, 0.1) is 5.92 Å². The molecule has 0 saturated carbocycles. The van der Waals surface area contributed by atoms with Gasteiger partial charge >= 0.3 is 0 Å². The van der Waals surface area contributed by atoms with E-state index in [0.717, 1.165) is 18.0 Å². The molecule has 0 spiro atoms. The summed E-state index contributed by atoms with van der Waals surface area (Å²) in [4.78, 5) is 3.08. The van der Waals surface area contributed by atoms with Crippen LogP contribution in [0.25, 0.3) is 0 Å². The van der Waals surface area contributed by atoms with Crippen LogP contribution in [0.2, 0.25) is 0 Å². The van der Waals surface area contributed by atoms with Gasteiger partial charge in [0.05, 0.1) is 0 Å². The van der Waals surface area contributed by atoms with Gasteiger partial charge in [-0.15, -0.1) is 0 Å². The van der Waals surface area contributed by atoms with Crippen molar-refractivity contribution in [2.75, 3.05) is 13.1 Å². The van der Waals surface area contributed by atoms with E-state index in [-0.39, 0.29) is 0 Å². The number of hydrogen-bond acceptors (Lipinski definition) is 2. The minimum absolute atomic E-state index is 0.513. The first-order chi connectivity index (χ1) is 9.70. The molecule has 0 aliphatic carbocycles. The molecule has 2 nitrogen and oxygen atoms in total. The Morgan fingerprint density at radius 1 is 1.30 bits per heavy atom. The molecule has 3 heteroatoms. The maximum atomic E-state index is 5.83. The summed E-state index contributed by atoms with van der Waals surface area (Å²) in [5, 5.41) is 0. The molecule has 1 unspecified atom stereocenters. The van der Waals surface area contributed by atoms with Gasteiger partial charge in [0.25, 0.3) is 0 Å². The van der Waals surface area contributed by atoms with Gasteiger partial charge < -0.3 is 5.73 Å². The fourth-order valence-corrected chi connectivity index (χ4v) is 3.42. The van der Waals surface area contributed by atoms with Crippen molar-refractivity contribution in [3.8, 4) is 0 Å². The Hall–Kier alpha value is -0.930. The zero-order valence-corrected chi connectivity index (χ0v) is 13.3. The van der Waals surface area contributed by atoms with Gasteiger partial charge in [0.2, 0.25) is 0 Å². The van der Waals surface area contributed by atoms with Crippen molar-refractivity contribution in [3.63, 3.8) is 0 Å². The van der Waals surface area contributed by atoms with E-state index in [1.54, 1.807) is 0 Å². The minimum atomic E-state index is 0.513. The van der Waals surface area contributed by atoms with Crippen LogP contribution in [0.5, 0.6) is 0 Å². The van der Waals surface area contributed by atoms with Crippen LogP contribution >= 0.6 is 12.2 Å². The molecule has 1 atom stereocenters. The van der Waals surface area contributed by atoms with E-state index in [1.165, 1.54) is 50.8 Å². The summed E-state index contributed by atoms with van der Waals surface area (Å²) in [5.41, 5.74) is 8.14. The lowest BCUT2D eigenvalue weighted by atomic mass is 9.96. The highest BCUT2D eigenvalue weighted by Crippen LogP contribution is 2.23. The van der Waals surface area contributed by atoms with E-state index >= 15 is 0 Å². The number of nitrogens with two attached hydrogens (primary N) is 1. The van der Waals surface area contributed by atoms with Crippen molar-refractivity contribution in [2.45, 2.75) is 45.6 Å². The first-order valence-corrected chi connectivity index (χ1v) is 8.21. The monoisotopic (exact) mass is 290 g/mol. The van der Waals surface area contributed by atoms with Crippen LogP contribution in [0.4, 0.5) is 0 Å². The molecule has 1 aromatic carbocycles. The van der Waals surface area contributed by atoms with E-state index in [2.05, 4.69) is 24.0 Å². The Kier molecular flexibility index (Phi) is 5.99. The molecule has 0 amide bonds. The van der Waals surface area contributed by atoms with E-state index in [0.29, 0.717) is 4.99 Å². The number of thiocarbonyl (C=S) groups is 1. The number of nitrogens with zero attached hydrogens (tertiary/aromatic N) is 1. The topological polar surface area (TPSA) is 29.3 Å². The van der Waals surface area contributed by atoms with Crippen molar-refractivity contribution in [3.05, 3.63) is 35.4 Å². The molecular weight excluding hydrogens is 264 g/mol. The predicted octanol–water partition coefficient (Wildman–Crippen LogP) is 3.72. The molecule has 2 rings (SSSR count). The fourth-order valence-electron chi connectivity index (χ4n) is 3.22. The highest BCUT2D eigenvalue weighted by molar-refractivity contribution is 7.80. The second-order valence-electron chi connectivity index (χ2n) is 5.88. The van der Waals surface area contributed by atoms with E-state index < -0.39 is 0 Å². The third-order valence-electron chi connectivity index (χ3n) is 4.31. The third-order valence-corrected chi connectivity index (χ3v) is 4.53. The van der Waals surface area contributed by atoms with Crippen molar-refractivity contribution in [1.82, 2.24) is 4.90 Å². The number of likely N-dealkylation sites (tertiary alicyclic amines) is 1. The summed E-state index contributed by atoms with van der Waals surface area (Å²) >= 11 is 5.16. The highest BCUT2D eigenvalue weighted by Gasteiger charge is 2.17. The van der Waals surface area contributed by atoms with Gasteiger partial charge in [0, 0.05) is 12.1 Å². The number of rotatable bonds is 5. The van der Waals surface area contributed by atoms with E-state index in [9.17, 15) is 0 Å². The molecule has 1 aliphatic heterocycles. The average Bonchev–Trinajstić information content (AvgIpc) is 2.65. The summed E-state index contributed by atoms with van der Waals surface area (Å²) in [5.74, 6) is 0.927. The van der Waals surface area contributed by atoms with Crippen LogP contribution in [0.1, 0.15) is 50.2 Å². The Morgan fingerprint density at radius 2 is 2.10 bits per heavy atom. The van der Waals surface area contributed by atoms with Gasteiger partial charge in [0.15, 0.2) is 0 Å². The van der Waals surface area contributed by atoms with Crippen molar-refractivity contribution in [2.24, 2.45) is 11.7 Å². The van der Waals surface area contributed by atoms with Gasteiger partial charge in [-0.25, -0.2) is 0 Å². The Morgan fingerprint density at radius 3 is 2.85 bits per heavy atom. The first-order valence-electron chi connectivity index (χ1n) is 7.80. The molecule has 0 aromatic heterocycles. The van der Waals surface area contributed by atoms with Crippen LogP contribution in [0.15, 0.2) is 24.3 Å². The molecule has 1 fully saturated rings. The molecule has 0 radical (unpaired) electrons. The lowest BCUT2D eigenvalue weighted by molar-refractivity contribution is 0.271. The Balaban J connectivity index is 1.98. The summed E-state index contributed by atoms with van der Waals surface area (Å²) < 4.78 is 0. The van der Waals surface area contributed by atoms with Gasteiger partial charge in [-0.05, 0) is 43.8 Å². The SMILES string of the molecule is CCCC1CCCN(Cc2ccccc2C(N)=S)CC1. The maximum Gasteiger partial charge on any atom is 0.104 e. The summed E-state index contributed by atoms with van der Waals surface area (Å²) in [6, 6.07) is 8.28. The molecule has 0 bridgehead atoms. The summed E-state index contributed by atoms with van der Waals surface area (Å²) in [7, 11) is 0. The molecule has 1 heterocycles. The Bertz CT molecular complexity index is 444. The van der Waals surface area contributed by atoms with Crippen LogP contribution in [-0.4, -0.2) is 23.0 Å². The largest absolute Gasteiger partial charge is 0.389 e. The minimum Gasteiger partial charge on any atom is -0.389 e. The molecule has 1 saturated heterocycles. The van der Waals surface area contributed by atoms with Gasteiger partial charge in [-0.1, -0.05) is 56.2 Å². The van der Waals surface area contributed by atoms with Gasteiger partial charge in [-0.3, -0.25) is 4.90 Å². The van der Waals surface area contributed by atoms with Crippen LogP contribution in [-0.2, 0) is 6.54 Å². The first kappa shape index (κ1) is 15.5. The van der Waals surface area contributed by atoms with E-state index in [4.69, 9.17) is 18.0 Å². The lowest BCUT2D eigenvalue weighted by Crippen LogP contribution is -2.26. The molecule has 1 aliphatic rings. The second-order valence-corrected chi connectivity index (χ2v) is 6.32. The maximum absolute atomic E-state index is 5.83. The standard InChI is InChI=1S/C17H26N2S/c1-2-6-14-7-5-11-19(12-10-14)13-15-8-3-4-9-16(15)17(18)20/h3-4,8-9,14H,2,5-7,10-13H2,1H3,(H2,18,20). The quantitative estimate of drug-likeness (QED) is 0.838. The van der Waals surface area contributed by atoms with Crippen LogP contribution < -0.4 is 5.73 Å². The molecule has 110 valence electrons.